The van der Waals surface area contributed by atoms with E-state index in [1.54, 1.807) is 25.1 Å². The number of carbonyl (C=O) groups excluding carboxylic acids is 2. The molecule has 0 bridgehead atoms. The number of para-hydroxylation sites is 1. The minimum atomic E-state index is -0.442. The molecule has 3 aromatic rings. The third-order valence-corrected chi connectivity index (χ3v) is 5.77. The molecule has 3 aromatic carbocycles. The van der Waals surface area contributed by atoms with E-state index in [2.05, 4.69) is 15.9 Å². The molecule has 0 spiro atoms. The highest BCUT2D eigenvalue weighted by molar-refractivity contribution is 9.10. The van der Waals surface area contributed by atoms with Gasteiger partial charge in [-0.05, 0) is 42.8 Å². The van der Waals surface area contributed by atoms with Crippen LogP contribution in [0.1, 0.15) is 40.9 Å². The highest BCUT2D eigenvalue weighted by atomic mass is 79.9. The summed E-state index contributed by atoms with van der Waals surface area (Å²) in [5, 5.41) is 6.24. The normalized spacial score (nSPS) is 15.2. The summed E-state index contributed by atoms with van der Waals surface area (Å²) in [6.07, 6.45) is 0.514. The number of hydrazone groups is 1. The van der Waals surface area contributed by atoms with Gasteiger partial charge < -0.3 is 9.47 Å². The molecule has 0 aliphatic carbocycles. The lowest BCUT2D eigenvalue weighted by molar-refractivity contribution is -0.145. The Kier molecular flexibility index (Phi) is 7.19. The molecule has 0 aromatic heterocycles. The topological polar surface area (TPSA) is 68.2 Å². The van der Waals surface area contributed by atoms with E-state index in [4.69, 9.17) is 14.6 Å². The van der Waals surface area contributed by atoms with E-state index >= 15 is 0 Å². The molecule has 1 unspecified atom stereocenters. The molecule has 0 radical (unpaired) electrons. The standard InChI is InChI=1S/C26H23BrN2O4/c1-2-32-25(30)17-33-24-11-7-6-10-21(24)23-16-22(18-12-14-20(27)15-13-18)28-29(23)26(31)19-8-4-3-5-9-19/h3-15,23H,2,16-17H2,1H3. The summed E-state index contributed by atoms with van der Waals surface area (Å²) in [4.78, 5) is 25.3. The Morgan fingerprint density at radius 2 is 1.70 bits per heavy atom. The molecule has 1 heterocycles. The molecule has 0 saturated carbocycles. The fourth-order valence-corrected chi connectivity index (χ4v) is 3.96. The van der Waals surface area contributed by atoms with Crippen molar-refractivity contribution < 1.29 is 19.1 Å². The van der Waals surface area contributed by atoms with Crippen molar-refractivity contribution in [2.24, 2.45) is 5.10 Å². The van der Waals surface area contributed by atoms with Crippen LogP contribution in [-0.4, -0.2) is 35.8 Å². The number of hydrogen-bond donors (Lipinski definition) is 0. The SMILES string of the molecule is CCOC(=O)COc1ccccc1C1CC(c2ccc(Br)cc2)=NN1C(=O)c1ccccc1. The first-order valence-corrected chi connectivity index (χ1v) is 11.5. The second-order valence-electron chi connectivity index (χ2n) is 7.42. The highest BCUT2D eigenvalue weighted by Crippen LogP contribution is 2.38. The number of benzene rings is 3. The molecule has 4 rings (SSSR count). The first-order chi connectivity index (χ1) is 16.1. The van der Waals surface area contributed by atoms with Crippen LogP contribution in [-0.2, 0) is 9.53 Å². The molecule has 0 saturated heterocycles. The van der Waals surface area contributed by atoms with Gasteiger partial charge in [0.05, 0.1) is 18.4 Å². The second-order valence-corrected chi connectivity index (χ2v) is 8.34. The van der Waals surface area contributed by atoms with Crippen molar-refractivity contribution in [2.45, 2.75) is 19.4 Å². The summed E-state index contributed by atoms with van der Waals surface area (Å²) in [5.41, 5.74) is 3.07. The third kappa shape index (κ3) is 5.31. The molecular formula is C26H23BrN2O4. The van der Waals surface area contributed by atoms with E-state index in [0.29, 0.717) is 17.7 Å². The largest absolute Gasteiger partial charge is 0.482 e. The molecule has 1 amide bonds. The maximum absolute atomic E-state index is 13.4. The van der Waals surface area contributed by atoms with Gasteiger partial charge >= 0.3 is 5.97 Å². The lowest BCUT2D eigenvalue weighted by Gasteiger charge is -2.24. The Morgan fingerprint density at radius 1 is 1.00 bits per heavy atom. The van der Waals surface area contributed by atoms with Crippen molar-refractivity contribution in [1.29, 1.82) is 0 Å². The zero-order valence-corrected chi connectivity index (χ0v) is 19.7. The predicted molar refractivity (Wildman–Crippen MR) is 129 cm³/mol. The van der Waals surface area contributed by atoms with E-state index in [-0.39, 0.29) is 25.2 Å². The lowest BCUT2D eigenvalue weighted by Crippen LogP contribution is -2.27. The number of nitrogens with zero attached hydrogens (tertiary/aromatic N) is 2. The number of carbonyl (C=O) groups is 2. The van der Waals surface area contributed by atoms with Crippen molar-refractivity contribution in [3.63, 3.8) is 0 Å². The summed E-state index contributed by atoms with van der Waals surface area (Å²) in [6, 6.07) is 23.9. The summed E-state index contributed by atoms with van der Waals surface area (Å²) < 4.78 is 11.7. The number of ether oxygens (including phenoxy) is 2. The quantitative estimate of drug-likeness (QED) is 0.403. The van der Waals surface area contributed by atoms with Crippen LogP contribution in [0.15, 0.2) is 88.4 Å². The summed E-state index contributed by atoms with van der Waals surface area (Å²) in [7, 11) is 0. The van der Waals surface area contributed by atoms with Crippen molar-refractivity contribution in [2.75, 3.05) is 13.2 Å². The van der Waals surface area contributed by atoms with Gasteiger partial charge in [0.15, 0.2) is 6.61 Å². The average molecular weight is 507 g/mol. The number of halogens is 1. The van der Waals surface area contributed by atoms with Crippen LogP contribution >= 0.6 is 15.9 Å². The smallest absolute Gasteiger partial charge is 0.344 e. The Hall–Kier alpha value is -3.45. The average Bonchev–Trinajstić information content (AvgIpc) is 3.29. The summed E-state index contributed by atoms with van der Waals surface area (Å²) >= 11 is 3.46. The second kappa shape index (κ2) is 10.4. The zero-order chi connectivity index (χ0) is 23.2. The van der Waals surface area contributed by atoms with Gasteiger partial charge in [0, 0.05) is 22.0 Å². The van der Waals surface area contributed by atoms with Crippen LogP contribution in [0.5, 0.6) is 5.75 Å². The van der Waals surface area contributed by atoms with Crippen LogP contribution in [0, 0.1) is 0 Å². The molecule has 7 heteroatoms. The van der Waals surface area contributed by atoms with Gasteiger partial charge in [-0.1, -0.05) is 64.5 Å². The molecule has 1 aliphatic heterocycles. The number of rotatable bonds is 7. The Bertz CT molecular complexity index is 1160. The molecule has 168 valence electrons. The molecule has 6 nitrogen and oxygen atoms in total. The molecule has 0 fully saturated rings. The number of hydrogen-bond acceptors (Lipinski definition) is 5. The van der Waals surface area contributed by atoms with Gasteiger partial charge in [0.25, 0.3) is 5.91 Å². The molecule has 33 heavy (non-hydrogen) atoms. The first kappa shape index (κ1) is 22.7. The van der Waals surface area contributed by atoms with Gasteiger partial charge in [-0.3, -0.25) is 4.79 Å². The first-order valence-electron chi connectivity index (χ1n) is 10.7. The van der Waals surface area contributed by atoms with E-state index in [9.17, 15) is 9.59 Å². The Morgan fingerprint density at radius 3 is 2.42 bits per heavy atom. The fourth-order valence-electron chi connectivity index (χ4n) is 3.70. The lowest BCUT2D eigenvalue weighted by atomic mass is 9.97. The molecule has 1 atom stereocenters. The van der Waals surface area contributed by atoms with E-state index in [0.717, 1.165) is 21.3 Å². The number of amides is 1. The Labute approximate surface area is 201 Å². The van der Waals surface area contributed by atoms with Gasteiger partial charge in [-0.25, -0.2) is 9.80 Å². The van der Waals surface area contributed by atoms with E-state index in [1.165, 1.54) is 5.01 Å². The van der Waals surface area contributed by atoms with E-state index < -0.39 is 5.97 Å². The fraction of sp³-hybridized carbons (Fsp3) is 0.192. The van der Waals surface area contributed by atoms with Crippen LogP contribution < -0.4 is 4.74 Å². The Balaban J connectivity index is 1.68. The van der Waals surface area contributed by atoms with E-state index in [1.807, 2.05) is 60.7 Å². The molecular weight excluding hydrogens is 484 g/mol. The maximum Gasteiger partial charge on any atom is 0.344 e. The van der Waals surface area contributed by atoms with Crippen LogP contribution in [0.2, 0.25) is 0 Å². The minimum absolute atomic E-state index is 0.201. The summed E-state index contributed by atoms with van der Waals surface area (Å²) in [5.74, 6) is -0.121. The van der Waals surface area contributed by atoms with Crippen LogP contribution in [0.25, 0.3) is 0 Å². The predicted octanol–water partition coefficient (Wildman–Crippen LogP) is 5.38. The maximum atomic E-state index is 13.4. The highest BCUT2D eigenvalue weighted by Gasteiger charge is 2.35. The number of esters is 1. The van der Waals surface area contributed by atoms with Gasteiger partial charge in [0.1, 0.15) is 5.75 Å². The zero-order valence-electron chi connectivity index (χ0n) is 18.1. The summed E-state index contributed by atoms with van der Waals surface area (Å²) in [6.45, 7) is 1.83. The van der Waals surface area contributed by atoms with Gasteiger partial charge in [-0.2, -0.15) is 5.10 Å². The van der Waals surface area contributed by atoms with Crippen molar-refractivity contribution in [1.82, 2.24) is 5.01 Å². The van der Waals surface area contributed by atoms with Crippen molar-refractivity contribution >= 4 is 33.5 Å². The molecule has 1 aliphatic rings. The molecule has 0 N–H and O–H groups in total. The van der Waals surface area contributed by atoms with Crippen molar-refractivity contribution in [3.8, 4) is 5.75 Å². The van der Waals surface area contributed by atoms with Gasteiger partial charge in [-0.15, -0.1) is 0 Å². The van der Waals surface area contributed by atoms with Crippen LogP contribution in [0.4, 0.5) is 0 Å². The van der Waals surface area contributed by atoms with Crippen molar-refractivity contribution in [3.05, 3.63) is 100 Å². The minimum Gasteiger partial charge on any atom is -0.482 e. The monoisotopic (exact) mass is 506 g/mol. The van der Waals surface area contributed by atoms with Gasteiger partial charge in [0.2, 0.25) is 0 Å². The van der Waals surface area contributed by atoms with Crippen LogP contribution in [0.3, 0.4) is 0 Å². The third-order valence-electron chi connectivity index (χ3n) is 5.25.